The molecule has 0 radical (unpaired) electrons. The zero-order chi connectivity index (χ0) is 25.6. The number of rotatable bonds is 2. The van der Waals surface area contributed by atoms with Crippen LogP contribution in [0.25, 0.3) is 39.1 Å². The molecule has 2 aliphatic heterocycles. The lowest BCUT2D eigenvalue weighted by Gasteiger charge is -2.29. The van der Waals surface area contributed by atoms with Gasteiger partial charge in [0.05, 0.1) is 6.26 Å². The van der Waals surface area contributed by atoms with E-state index in [1.807, 2.05) is 36.4 Å². The molecule has 0 saturated carbocycles. The first-order valence-corrected chi connectivity index (χ1v) is 12.9. The lowest BCUT2D eigenvalue weighted by atomic mass is 9.34. The predicted octanol–water partition coefficient (Wildman–Crippen LogP) is 7.76. The number of benzene rings is 5. The van der Waals surface area contributed by atoms with Crippen LogP contribution in [-0.2, 0) is 0 Å². The predicted molar refractivity (Wildman–Crippen MR) is 160 cm³/mol. The maximum Gasteiger partial charge on any atom is 0.255 e. The maximum atomic E-state index is 10.2. The van der Waals surface area contributed by atoms with E-state index in [4.69, 9.17) is 4.74 Å². The molecule has 2 aliphatic rings. The zero-order valence-corrected chi connectivity index (χ0v) is 21.1. The van der Waals surface area contributed by atoms with Gasteiger partial charge in [-0.15, -0.1) is 0 Å². The minimum absolute atomic E-state index is 0.106. The van der Waals surface area contributed by atoms with Gasteiger partial charge in [0.2, 0.25) is 0 Å². The standard InChI is InChI=1S/C35H25BO2/c1-23-10-2-5-13-27(23)31-19-18-28(29-14-6-7-15-30(29)31)25-20-24-11-3-4-12-26(22-37)36-32-16-8-9-17-33(32)38-34(21-25)35(24)36/h2-22,37H,1H3/b11-3-,12-4-,26-22-. The minimum Gasteiger partial charge on any atom is -0.516 e. The summed E-state index contributed by atoms with van der Waals surface area (Å²) in [6, 6.07) is 34.2. The topological polar surface area (TPSA) is 29.5 Å². The second kappa shape index (κ2) is 8.97. The van der Waals surface area contributed by atoms with Gasteiger partial charge in [-0.1, -0.05) is 103 Å². The fourth-order valence-electron chi connectivity index (χ4n) is 5.97. The lowest BCUT2D eigenvalue weighted by Crippen LogP contribution is -2.49. The Kier molecular flexibility index (Phi) is 5.30. The maximum absolute atomic E-state index is 10.2. The van der Waals surface area contributed by atoms with Gasteiger partial charge >= 0.3 is 0 Å². The summed E-state index contributed by atoms with van der Waals surface area (Å²) in [5.74, 6) is 1.65. The summed E-state index contributed by atoms with van der Waals surface area (Å²) < 4.78 is 6.53. The molecule has 0 aliphatic carbocycles. The van der Waals surface area contributed by atoms with Crippen LogP contribution in [0.1, 0.15) is 11.1 Å². The molecule has 0 unspecified atom stereocenters. The molecule has 3 heteroatoms. The normalized spacial score (nSPS) is 16.2. The van der Waals surface area contributed by atoms with Gasteiger partial charge in [-0.2, -0.15) is 0 Å². The second-order valence-corrected chi connectivity index (χ2v) is 9.92. The molecule has 5 aromatic rings. The Bertz CT molecular complexity index is 1830. The van der Waals surface area contributed by atoms with Gasteiger partial charge in [-0.3, -0.25) is 0 Å². The van der Waals surface area contributed by atoms with Gasteiger partial charge in [0.15, 0.2) is 0 Å². The molecule has 0 spiro atoms. The SMILES string of the molecule is Cc1ccccc1-c1ccc(-c2cc3c4c(c2)Oc2ccccc2B4C(=C\O)/C=C\C=C/3)c2ccccc12. The van der Waals surface area contributed by atoms with Crippen LogP contribution in [-0.4, -0.2) is 11.8 Å². The molecule has 0 fully saturated rings. The Labute approximate surface area is 222 Å². The highest BCUT2D eigenvalue weighted by molar-refractivity contribution is 6.93. The average Bonchev–Trinajstić information content (AvgIpc) is 2.94. The summed E-state index contributed by atoms with van der Waals surface area (Å²) in [5.41, 5.74) is 10.1. The van der Waals surface area contributed by atoms with Crippen molar-refractivity contribution in [3.8, 4) is 33.8 Å². The van der Waals surface area contributed by atoms with Crippen molar-refractivity contribution in [2.45, 2.75) is 6.92 Å². The number of fused-ring (bicyclic) bond motifs is 3. The molecular weight excluding hydrogens is 463 g/mol. The van der Waals surface area contributed by atoms with Crippen LogP contribution >= 0.6 is 0 Å². The van der Waals surface area contributed by atoms with E-state index in [0.29, 0.717) is 0 Å². The molecule has 0 atom stereocenters. The number of aryl methyl sites for hydroxylation is 1. The van der Waals surface area contributed by atoms with Gasteiger partial charge in [0.1, 0.15) is 11.5 Å². The quantitative estimate of drug-likeness (QED) is 0.203. The van der Waals surface area contributed by atoms with Crippen LogP contribution in [0.3, 0.4) is 0 Å². The summed E-state index contributed by atoms with van der Waals surface area (Å²) in [4.78, 5) is 0. The number of aliphatic hydroxyl groups excluding tert-OH is 1. The van der Waals surface area contributed by atoms with Crippen LogP contribution in [0.5, 0.6) is 11.5 Å². The van der Waals surface area contributed by atoms with Crippen molar-refractivity contribution in [1.29, 1.82) is 0 Å². The van der Waals surface area contributed by atoms with Gasteiger partial charge in [-0.25, -0.2) is 0 Å². The molecule has 0 amide bonds. The fourth-order valence-corrected chi connectivity index (χ4v) is 5.97. The molecule has 7 rings (SSSR count). The smallest absolute Gasteiger partial charge is 0.255 e. The molecule has 0 saturated heterocycles. The fraction of sp³-hybridized carbons (Fsp3) is 0.0286. The van der Waals surface area contributed by atoms with Crippen molar-refractivity contribution in [3.63, 3.8) is 0 Å². The van der Waals surface area contributed by atoms with Gasteiger partial charge in [0.25, 0.3) is 6.71 Å². The molecule has 0 bridgehead atoms. The lowest BCUT2D eigenvalue weighted by molar-refractivity contribution is 0.471. The van der Waals surface area contributed by atoms with Crippen LogP contribution in [0.4, 0.5) is 0 Å². The van der Waals surface area contributed by atoms with E-state index < -0.39 is 0 Å². The van der Waals surface area contributed by atoms with Crippen LogP contribution in [0, 0.1) is 6.92 Å². The minimum atomic E-state index is -0.106. The van der Waals surface area contributed by atoms with E-state index >= 15 is 0 Å². The number of allylic oxidation sites excluding steroid dienone is 4. The molecular formula is C35H25BO2. The zero-order valence-electron chi connectivity index (χ0n) is 21.1. The average molecular weight is 488 g/mol. The van der Waals surface area contributed by atoms with Gasteiger partial charge < -0.3 is 9.84 Å². The van der Waals surface area contributed by atoms with E-state index in [-0.39, 0.29) is 6.71 Å². The van der Waals surface area contributed by atoms with E-state index in [1.54, 1.807) is 0 Å². The summed E-state index contributed by atoms with van der Waals surface area (Å²) in [5, 5.41) is 12.6. The summed E-state index contributed by atoms with van der Waals surface area (Å²) >= 11 is 0. The van der Waals surface area contributed by atoms with Gasteiger partial charge in [-0.05, 0) is 85.7 Å². The molecule has 2 heterocycles. The Morgan fingerprint density at radius 1 is 0.684 bits per heavy atom. The first-order valence-electron chi connectivity index (χ1n) is 12.9. The third-order valence-electron chi connectivity index (χ3n) is 7.74. The van der Waals surface area contributed by atoms with Crippen molar-refractivity contribution in [1.82, 2.24) is 0 Å². The second-order valence-electron chi connectivity index (χ2n) is 9.92. The van der Waals surface area contributed by atoms with Crippen molar-refractivity contribution in [2.24, 2.45) is 0 Å². The highest BCUT2D eigenvalue weighted by atomic mass is 16.5. The van der Waals surface area contributed by atoms with Crippen LogP contribution in [0.15, 0.2) is 127 Å². The third kappa shape index (κ3) is 3.51. The van der Waals surface area contributed by atoms with Crippen LogP contribution in [0.2, 0.25) is 0 Å². The molecule has 180 valence electrons. The monoisotopic (exact) mass is 488 g/mol. The highest BCUT2D eigenvalue weighted by Gasteiger charge is 2.35. The first kappa shape index (κ1) is 22.4. The number of aliphatic hydroxyl groups is 1. The van der Waals surface area contributed by atoms with Crippen molar-refractivity contribution in [3.05, 3.63) is 138 Å². The Morgan fingerprint density at radius 3 is 2.24 bits per heavy atom. The van der Waals surface area contributed by atoms with Crippen LogP contribution < -0.4 is 15.7 Å². The summed E-state index contributed by atoms with van der Waals surface area (Å²) in [7, 11) is 0. The highest BCUT2D eigenvalue weighted by Crippen LogP contribution is 2.39. The number of para-hydroxylation sites is 1. The third-order valence-corrected chi connectivity index (χ3v) is 7.74. The Balaban J connectivity index is 1.47. The summed E-state index contributed by atoms with van der Waals surface area (Å²) in [6.45, 7) is 2.06. The number of ether oxygens (including phenoxy) is 1. The molecule has 2 nitrogen and oxygen atoms in total. The molecule has 38 heavy (non-hydrogen) atoms. The Morgan fingerprint density at radius 2 is 1.39 bits per heavy atom. The van der Waals surface area contributed by atoms with Crippen molar-refractivity contribution >= 4 is 34.5 Å². The Hall–Kier alpha value is -4.76. The van der Waals surface area contributed by atoms with E-state index in [2.05, 4.69) is 91.9 Å². The molecule has 0 aromatic heterocycles. The molecule has 1 N–H and O–H groups in total. The van der Waals surface area contributed by atoms with E-state index in [9.17, 15) is 5.11 Å². The summed E-state index contributed by atoms with van der Waals surface area (Å²) in [6.07, 6.45) is 9.35. The van der Waals surface area contributed by atoms with E-state index in [0.717, 1.165) is 39.0 Å². The van der Waals surface area contributed by atoms with Crippen molar-refractivity contribution < 1.29 is 9.84 Å². The van der Waals surface area contributed by atoms with Crippen molar-refractivity contribution in [2.75, 3.05) is 0 Å². The number of hydrogen-bond donors (Lipinski definition) is 1. The number of hydrogen-bond acceptors (Lipinski definition) is 2. The molecule has 5 aromatic carbocycles. The van der Waals surface area contributed by atoms with E-state index in [1.165, 1.54) is 39.3 Å². The van der Waals surface area contributed by atoms with Gasteiger partial charge in [0, 0.05) is 0 Å². The largest absolute Gasteiger partial charge is 0.516 e. The first-order chi connectivity index (χ1) is 18.7.